The molecule has 1 aromatic heterocycles. The Morgan fingerprint density at radius 3 is 1.45 bits per heavy atom. The molecule has 3 atom stereocenters. The third-order valence-electron chi connectivity index (χ3n) is 15.1. The van der Waals surface area contributed by atoms with Crippen molar-refractivity contribution < 1.29 is 47.7 Å². The molecule has 446 valence electrons. The molecule has 3 unspecified atom stereocenters. The van der Waals surface area contributed by atoms with Gasteiger partial charge in [-0.2, -0.15) is 0 Å². The Balaban J connectivity index is 1.08. The number of Topliss-reactive ketones (excluding diaryl/α,β-unsaturated/α-hetero) is 1. The molecule has 0 spiro atoms. The van der Waals surface area contributed by atoms with Crippen LogP contribution in [0.4, 0.5) is 0 Å². The first-order chi connectivity index (χ1) is 43.6. The van der Waals surface area contributed by atoms with Gasteiger partial charge in [0.15, 0.2) is 30.1 Å². The first-order valence-electron chi connectivity index (χ1n) is 28.6. The summed E-state index contributed by atoms with van der Waals surface area (Å²) in [6.07, 6.45) is -3.85. The number of aromatic nitrogens is 4. The van der Waals surface area contributed by atoms with E-state index in [1.807, 2.05) is 243 Å². The van der Waals surface area contributed by atoms with Crippen LogP contribution in [0, 0.1) is 0 Å². The number of methoxy groups -OCH3 is 1. The Hall–Kier alpha value is -10.0. The number of thioether (sulfide) groups is 1. The van der Waals surface area contributed by atoms with Gasteiger partial charge in [-0.25, -0.2) is 9.48 Å². The minimum atomic E-state index is -3.74. The van der Waals surface area contributed by atoms with E-state index in [9.17, 15) is 4.79 Å². The molecule has 0 saturated carbocycles. The van der Waals surface area contributed by atoms with Gasteiger partial charge < -0.3 is 29.0 Å². The number of amides is 2. The van der Waals surface area contributed by atoms with E-state index in [0.717, 1.165) is 22.2 Å². The third kappa shape index (κ3) is 13.2. The predicted molar refractivity (Wildman–Crippen MR) is 341 cm³/mol. The molecule has 1 aliphatic rings. The van der Waals surface area contributed by atoms with Crippen LogP contribution in [0.15, 0.2) is 272 Å². The van der Waals surface area contributed by atoms with Crippen molar-refractivity contribution in [2.24, 2.45) is 7.05 Å². The average Bonchev–Trinajstić information content (AvgIpc) is 0.867. The quantitative estimate of drug-likeness (QED) is 0.0142. The Morgan fingerprint density at radius 1 is 0.573 bits per heavy atom. The largest absolute Gasteiger partial charge is 0.489 e. The molecular weight excluding hydrogens is 1160 g/mol. The lowest BCUT2D eigenvalue weighted by Crippen LogP contribution is -2.84. The van der Waals surface area contributed by atoms with Gasteiger partial charge >= 0.3 is 11.9 Å². The minimum absolute atomic E-state index is 0.169. The Kier molecular flexibility index (Phi) is 19.2. The highest BCUT2D eigenvalue weighted by atomic mass is 32.2. The lowest BCUT2D eigenvalue weighted by molar-refractivity contribution is -0.245. The number of tetrazole rings is 1. The fourth-order valence-electron chi connectivity index (χ4n) is 10.8. The number of nitrogens with zero attached hydrogens (tertiary/aromatic N) is 5. The highest BCUT2D eigenvalue weighted by Crippen LogP contribution is 2.51. The van der Waals surface area contributed by atoms with E-state index in [4.69, 9.17) is 23.7 Å². The summed E-state index contributed by atoms with van der Waals surface area (Å²) in [7, 11) is 2.83. The zero-order valence-corrected chi connectivity index (χ0v) is 50.2. The van der Waals surface area contributed by atoms with Crippen LogP contribution >= 0.6 is 18.6 Å². The summed E-state index contributed by atoms with van der Waals surface area (Å²) in [5, 5.41) is 16.7. The number of esters is 2. The number of rotatable bonds is 25. The zero-order chi connectivity index (χ0) is 61.6. The average molecular weight is 1220 g/mol. The molecule has 0 aliphatic carbocycles. The Bertz CT molecular complexity index is 3900. The predicted octanol–water partition coefficient (Wildman–Crippen LogP) is 9.67. The lowest BCUT2D eigenvalue weighted by atomic mass is 9.93. The molecule has 2 amide bonds. The number of carbonyl (C=O) groups excluding carboxylic acids is 5. The summed E-state index contributed by atoms with van der Waals surface area (Å²) < 4.78 is 34.0. The highest BCUT2D eigenvalue weighted by Gasteiger charge is 2.68. The zero-order valence-electron chi connectivity index (χ0n) is 48.5. The van der Waals surface area contributed by atoms with Crippen LogP contribution in [0.5, 0.6) is 5.75 Å². The SMILES string of the molecule is COC1(NC(=O)C(C(=O)OC(c2ccccc2)c2ccccc2)c2ccc(OCc3ccccc3)cc2)C(=O)N(C(C(=O)OC(c2ccccc2)c2ccccc2)=P(c2ccccc2)(c2ccccc2)c2ccccc2)C1OCC(=O)CSc1nnnn1C. The third-order valence-corrected chi connectivity index (χ3v) is 20.4. The fraction of sp³-hybridized carbons (Fsp3) is 0.141. The maximum atomic E-state index is 16.6. The lowest BCUT2D eigenvalue weighted by Gasteiger charge is -2.55. The van der Waals surface area contributed by atoms with Crippen molar-refractivity contribution in [3.05, 3.63) is 300 Å². The number of likely N-dealkylation sites (tertiary alicyclic amines) is 1. The minimum Gasteiger partial charge on any atom is -0.489 e. The number of carbonyl (C=O) groups is 5. The number of benzene rings is 9. The molecule has 18 heteroatoms. The fourth-order valence-corrected chi connectivity index (χ4v) is 15.8. The molecule has 89 heavy (non-hydrogen) atoms. The van der Waals surface area contributed by atoms with E-state index in [1.165, 1.54) is 11.8 Å². The molecule has 16 nitrogen and oxygen atoms in total. The second-order valence-corrected chi connectivity index (χ2v) is 25.0. The summed E-state index contributed by atoms with van der Waals surface area (Å²) in [6, 6.07) is 80.8. The molecule has 0 bridgehead atoms. The van der Waals surface area contributed by atoms with Crippen molar-refractivity contribution in [3.63, 3.8) is 0 Å². The molecule has 0 radical (unpaired) electrons. The number of β-lactam (4-membered cyclic amide) rings is 1. The van der Waals surface area contributed by atoms with Crippen LogP contribution in [0.3, 0.4) is 0 Å². The van der Waals surface area contributed by atoms with Crippen molar-refractivity contribution in [2.75, 3.05) is 19.5 Å². The molecule has 11 rings (SSSR count). The van der Waals surface area contributed by atoms with Gasteiger partial charge in [-0.05, 0) is 71.9 Å². The van der Waals surface area contributed by atoms with Gasteiger partial charge in [0.25, 0.3) is 11.6 Å². The summed E-state index contributed by atoms with van der Waals surface area (Å²) in [4.78, 5) is 79.8. The Morgan fingerprint density at radius 2 is 1.01 bits per heavy atom. The van der Waals surface area contributed by atoms with Crippen LogP contribution in [0.2, 0.25) is 0 Å². The first kappa shape index (κ1) is 60.6. The number of hydrogen-bond acceptors (Lipinski definition) is 14. The van der Waals surface area contributed by atoms with Gasteiger partial charge in [0.2, 0.25) is 11.1 Å². The van der Waals surface area contributed by atoms with Gasteiger partial charge in [-0.1, -0.05) is 267 Å². The summed E-state index contributed by atoms with van der Waals surface area (Å²) in [5.41, 5.74) is 0.877. The van der Waals surface area contributed by atoms with Crippen molar-refractivity contribution in [2.45, 2.75) is 41.8 Å². The molecule has 2 heterocycles. The maximum Gasteiger partial charge on any atom is 0.357 e. The van der Waals surface area contributed by atoms with Crippen LogP contribution in [-0.2, 0) is 56.6 Å². The van der Waals surface area contributed by atoms with Crippen LogP contribution in [0.1, 0.15) is 51.5 Å². The van der Waals surface area contributed by atoms with E-state index in [2.05, 4.69) is 20.8 Å². The van der Waals surface area contributed by atoms with Crippen molar-refractivity contribution in [1.29, 1.82) is 0 Å². The molecule has 10 aromatic rings. The van der Waals surface area contributed by atoms with E-state index < -0.39 is 73.1 Å². The van der Waals surface area contributed by atoms with E-state index in [-0.39, 0.29) is 23.3 Å². The Labute approximate surface area is 519 Å². The van der Waals surface area contributed by atoms with Crippen LogP contribution in [0.25, 0.3) is 0 Å². The van der Waals surface area contributed by atoms with Crippen molar-refractivity contribution in [3.8, 4) is 5.75 Å². The van der Waals surface area contributed by atoms with Gasteiger partial charge in [0, 0.05) is 21.0 Å². The monoisotopic (exact) mass is 1220 g/mol. The summed E-state index contributed by atoms with van der Waals surface area (Å²) in [5.74, 6) is -5.95. The van der Waals surface area contributed by atoms with Crippen molar-refractivity contribution >= 4 is 69.5 Å². The topological polar surface area (TPSA) is 190 Å². The van der Waals surface area contributed by atoms with Gasteiger partial charge in [0.05, 0.1) is 5.75 Å². The van der Waals surface area contributed by atoms with Crippen LogP contribution in [-0.4, -0.2) is 91.5 Å². The molecule has 1 fully saturated rings. The van der Waals surface area contributed by atoms with E-state index >= 15 is 19.2 Å². The molecular formula is C71H61N6O10PS. The smallest absolute Gasteiger partial charge is 0.357 e. The first-order valence-corrected chi connectivity index (χ1v) is 31.4. The number of hydrogen-bond donors (Lipinski definition) is 1. The summed E-state index contributed by atoms with van der Waals surface area (Å²) >= 11 is 1.06. The van der Waals surface area contributed by atoms with Gasteiger partial charge in [-0.3, -0.25) is 24.1 Å². The van der Waals surface area contributed by atoms with Gasteiger partial charge in [-0.15, -0.1) is 5.10 Å². The van der Waals surface area contributed by atoms with Crippen LogP contribution < -0.4 is 26.0 Å². The number of nitrogens with one attached hydrogen (secondary N) is 1. The number of ether oxygens (including phenoxy) is 5. The van der Waals surface area contributed by atoms with Gasteiger partial charge in [0.1, 0.15) is 24.4 Å². The molecule has 9 aromatic carbocycles. The van der Waals surface area contributed by atoms with E-state index in [0.29, 0.717) is 49.1 Å². The standard InChI is InChI=1S/C71H61N6O10PS/c1-76-70(73-74-75-76)89-49-56(78)48-85-69-71(83-2,72-64(79)61(51-43-45-57(46-44-51)84-47-50-27-11-3-12-28-50)66(80)86-62(52-29-13-4-14-30-52)53-31-15-5-16-32-53)68(82)77(69)65(67(81)87-63(54-33-17-6-18-34-54)55-35-19-7-20-36-55)88(58-37-21-8-22-38-58,59-39-23-9-24-40-59)60-41-25-10-26-42-60/h3-46,61-63,69H,47-49H2,1-2H3,(H,72,79). The van der Waals surface area contributed by atoms with Crippen molar-refractivity contribution in [1.82, 2.24) is 30.4 Å². The number of aryl methyl sites for hydroxylation is 1. The maximum absolute atomic E-state index is 16.6. The summed E-state index contributed by atoms with van der Waals surface area (Å²) in [6.45, 7) is -4.19. The second-order valence-electron chi connectivity index (χ2n) is 20.7. The normalized spacial score (nSPS) is 14.9. The second kappa shape index (κ2) is 28.2. The molecule has 1 aliphatic heterocycles. The number of ketones is 1. The molecule has 1 N–H and O–H groups in total. The molecule has 1 saturated heterocycles. The van der Waals surface area contributed by atoms with E-state index in [1.54, 1.807) is 31.3 Å². The highest BCUT2D eigenvalue weighted by molar-refractivity contribution is 7.99.